The van der Waals surface area contributed by atoms with Crippen molar-refractivity contribution < 1.29 is 18.4 Å². The van der Waals surface area contributed by atoms with Crippen LogP contribution >= 0.6 is 0 Å². The Labute approximate surface area is 137 Å². The zero-order valence-electron chi connectivity index (χ0n) is 14.9. The molecule has 0 saturated carbocycles. The van der Waals surface area contributed by atoms with Crippen molar-refractivity contribution in [1.82, 2.24) is 9.80 Å². The summed E-state index contributed by atoms with van der Waals surface area (Å²) in [4.78, 5) is 26.7. The average Bonchev–Trinajstić information content (AvgIpc) is 2.48. The molecule has 0 aliphatic heterocycles. The van der Waals surface area contributed by atoms with Gasteiger partial charge in [-0.25, -0.2) is 8.78 Å². The van der Waals surface area contributed by atoms with Crippen molar-refractivity contribution in [2.75, 3.05) is 40.8 Å². The van der Waals surface area contributed by atoms with Gasteiger partial charge in [0.25, 0.3) is 0 Å². The first-order valence-corrected chi connectivity index (χ1v) is 7.69. The van der Waals surface area contributed by atoms with E-state index in [1.165, 1.54) is 12.2 Å². The quantitative estimate of drug-likeness (QED) is 0.577. The van der Waals surface area contributed by atoms with E-state index in [0.717, 1.165) is 0 Å². The van der Waals surface area contributed by atoms with Gasteiger partial charge < -0.3 is 9.80 Å². The lowest BCUT2D eigenvalue weighted by atomic mass is 10.0. The minimum Gasteiger partial charge on any atom is -0.306 e. The van der Waals surface area contributed by atoms with E-state index >= 15 is 0 Å². The first-order valence-electron chi connectivity index (χ1n) is 7.69. The van der Waals surface area contributed by atoms with E-state index in [9.17, 15) is 18.4 Å². The molecule has 0 heterocycles. The summed E-state index contributed by atoms with van der Waals surface area (Å²) < 4.78 is 27.3. The van der Waals surface area contributed by atoms with Gasteiger partial charge >= 0.3 is 0 Å². The Bertz CT molecular complexity index is 471. The van der Waals surface area contributed by atoms with Crippen LogP contribution in [0.15, 0.2) is 23.8 Å². The Balaban J connectivity index is 4.52. The first-order chi connectivity index (χ1) is 10.6. The van der Waals surface area contributed by atoms with Gasteiger partial charge in [-0.3, -0.25) is 9.59 Å². The molecule has 0 aromatic rings. The van der Waals surface area contributed by atoms with E-state index in [1.807, 2.05) is 0 Å². The Morgan fingerprint density at radius 1 is 0.913 bits per heavy atom. The van der Waals surface area contributed by atoms with Gasteiger partial charge in [0.1, 0.15) is 0 Å². The molecule has 1 atom stereocenters. The molecule has 23 heavy (non-hydrogen) atoms. The molecule has 0 aliphatic carbocycles. The van der Waals surface area contributed by atoms with Crippen LogP contribution in [0.3, 0.4) is 0 Å². The maximum Gasteiger partial charge on any atom is 0.194 e. The molecule has 0 N–H and O–H groups in total. The molecule has 0 rings (SSSR count). The smallest absolute Gasteiger partial charge is 0.194 e. The van der Waals surface area contributed by atoms with Gasteiger partial charge in [-0.1, -0.05) is 20.8 Å². The molecule has 0 aromatic heterocycles. The van der Waals surface area contributed by atoms with Gasteiger partial charge in [-0.2, -0.15) is 0 Å². The summed E-state index contributed by atoms with van der Waals surface area (Å²) in [5.74, 6) is -3.58. The number of hydrogen-bond donors (Lipinski definition) is 0. The fourth-order valence-electron chi connectivity index (χ4n) is 1.84. The zero-order chi connectivity index (χ0) is 18.2. The largest absolute Gasteiger partial charge is 0.306 e. The Morgan fingerprint density at radius 3 is 1.87 bits per heavy atom. The maximum atomic E-state index is 13.7. The zero-order valence-corrected chi connectivity index (χ0v) is 14.9. The highest BCUT2D eigenvalue weighted by atomic mass is 19.1. The highest BCUT2D eigenvalue weighted by Gasteiger charge is 2.19. The summed E-state index contributed by atoms with van der Waals surface area (Å²) in [5, 5.41) is 0. The molecule has 0 radical (unpaired) electrons. The number of Topliss-reactive ketones (excluding diaryl/α,β-unsaturated/α-hetero) is 2. The summed E-state index contributed by atoms with van der Waals surface area (Å²) in [6.07, 6.45) is 2.44. The fourth-order valence-corrected chi connectivity index (χ4v) is 1.84. The predicted octanol–water partition coefficient (Wildman–Crippen LogP) is 2.62. The minimum absolute atomic E-state index is 0.185. The number of carbonyl (C=O) groups is 2. The molecule has 4 nitrogen and oxygen atoms in total. The number of ketones is 2. The van der Waals surface area contributed by atoms with Crippen LogP contribution in [0.25, 0.3) is 0 Å². The van der Waals surface area contributed by atoms with Crippen molar-refractivity contribution >= 4 is 11.6 Å². The van der Waals surface area contributed by atoms with Gasteiger partial charge in [-0.15, -0.1) is 0 Å². The molecule has 0 fully saturated rings. The molecular weight excluding hydrogens is 302 g/mol. The van der Waals surface area contributed by atoms with Crippen molar-refractivity contribution in [3.8, 4) is 0 Å². The highest BCUT2D eigenvalue weighted by molar-refractivity contribution is 5.95. The minimum atomic E-state index is -0.775. The summed E-state index contributed by atoms with van der Waals surface area (Å²) in [6, 6.07) is 0. The van der Waals surface area contributed by atoms with E-state index in [2.05, 4.69) is 0 Å². The third kappa shape index (κ3) is 8.71. The van der Waals surface area contributed by atoms with Crippen LogP contribution < -0.4 is 0 Å². The van der Waals surface area contributed by atoms with Crippen LogP contribution in [0, 0.1) is 11.8 Å². The first kappa shape index (κ1) is 21.6. The van der Waals surface area contributed by atoms with Crippen molar-refractivity contribution in [2.24, 2.45) is 11.8 Å². The number of hydrogen-bond acceptors (Lipinski definition) is 4. The molecule has 0 saturated heterocycles. The van der Waals surface area contributed by atoms with Gasteiger partial charge in [0.2, 0.25) is 0 Å². The second kappa shape index (κ2) is 10.4. The van der Waals surface area contributed by atoms with Crippen LogP contribution in [0.4, 0.5) is 8.78 Å². The lowest BCUT2D eigenvalue weighted by Crippen LogP contribution is -2.29. The van der Waals surface area contributed by atoms with Crippen LogP contribution in [0.2, 0.25) is 0 Å². The van der Waals surface area contributed by atoms with E-state index in [4.69, 9.17) is 0 Å². The Hall–Kier alpha value is -1.40. The van der Waals surface area contributed by atoms with E-state index < -0.39 is 35.1 Å². The standard InChI is InChI=1S/C17H28F2N2O2/c1-12(2)16(22)14(18)8-10-21(6)11-13(3)17(23)15(19)7-9-20(4)5/h7-8,12-13H,9-11H2,1-6H3/b14-8-,15-7-. The average molecular weight is 330 g/mol. The van der Waals surface area contributed by atoms with Crippen molar-refractivity contribution in [1.29, 1.82) is 0 Å². The molecule has 0 bridgehead atoms. The van der Waals surface area contributed by atoms with E-state index in [1.54, 1.807) is 51.7 Å². The van der Waals surface area contributed by atoms with Crippen LogP contribution in [-0.2, 0) is 9.59 Å². The molecular formula is C17H28F2N2O2. The highest BCUT2D eigenvalue weighted by Crippen LogP contribution is 2.11. The second-order valence-corrected chi connectivity index (χ2v) is 6.37. The fraction of sp³-hybridized carbons (Fsp3) is 0.647. The van der Waals surface area contributed by atoms with Crippen molar-refractivity contribution in [3.63, 3.8) is 0 Å². The monoisotopic (exact) mass is 330 g/mol. The molecule has 132 valence electrons. The van der Waals surface area contributed by atoms with Gasteiger partial charge in [0.05, 0.1) is 0 Å². The number of halogens is 2. The predicted molar refractivity (Wildman–Crippen MR) is 88.4 cm³/mol. The normalized spacial score (nSPS) is 14.7. The molecule has 0 spiro atoms. The SMILES string of the molecule is CC(C)C(=O)/C(F)=C/CN(C)CC(C)C(=O)/C(F)=C/CN(C)C. The third-order valence-corrected chi connectivity index (χ3v) is 3.25. The number of carbonyl (C=O) groups excluding carboxylic acids is 2. The van der Waals surface area contributed by atoms with Gasteiger partial charge in [-0.05, 0) is 33.3 Å². The number of rotatable bonds is 10. The van der Waals surface area contributed by atoms with E-state index in [-0.39, 0.29) is 13.1 Å². The van der Waals surface area contributed by atoms with Crippen LogP contribution in [-0.4, -0.2) is 62.1 Å². The van der Waals surface area contributed by atoms with Crippen LogP contribution in [0.1, 0.15) is 20.8 Å². The Morgan fingerprint density at radius 2 is 1.39 bits per heavy atom. The van der Waals surface area contributed by atoms with Gasteiger partial charge in [0.15, 0.2) is 23.2 Å². The lowest BCUT2D eigenvalue weighted by Gasteiger charge is -2.18. The molecule has 0 aromatic carbocycles. The second-order valence-electron chi connectivity index (χ2n) is 6.37. The lowest BCUT2D eigenvalue weighted by molar-refractivity contribution is -0.121. The van der Waals surface area contributed by atoms with Crippen LogP contribution in [0.5, 0.6) is 0 Å². The summed E-state index contributed by atoms with van der Waals surface area (Å²) >= 11 is 0. The summed E-state index contributed by atoms with van der Waals surface area (Å²) in [5.41, 5.74) is 0. The number of nitrogens with zero attached hydrogens (tertiary/aromatic N) is 2. The maximum absolute atomic E-state index is 13.7. The van der Waals surface area contributed by atoms with Crippen molar-refractivity contribution in [3.05, 3.63) is 23.8 Å². The topological polar surface area (TPSA) is 40.6 Å². The molecule has 1 unspecified atom stereocenters. The number of allylic oxidation sites excluding steroid dienone is 2. The van der Waals surface area contributed by atoms with E-state index in [0.29, 0.717) is 6.54 Å². The van der Waals surface area contributed by atoms with Gasteiger partial charge in [0, 0.05) is 31.5 Å². The van der Waals surface area contributed by atoms with Crippen molar-refractivity contribution in [2.45, 2.75) is 20.8 Å². The summed E-state index contributed by atoms with van der Waals surface area (Å²) in [6.45, 7) is 5.70. The Kier molecular flexibility index (Phi) is 9.76. The molecule has 6 heteroatoms. The third-order valence-electron chi connectivity index (χ3n) is 3.25. The summed E-state index contributed by atoms with van der Waals surface area (Å²) in [7, 11) is 5.25. The molecule has 0 amide bonds. The molecule has 0 aliphatic rings. The number of likely N-dealkylation sites (N-methyl/N-ethyl adjacent to an activating group) is 2.